The lowest BCUT2D eigenvalue weighted by Gasteiger charge is -2.48. The minimum Gasteiger partial charge on any atom is -0.394 e. The van der Waals surface area contributed by atoms with Gasteiger partial charge in [-0.25, -0.2) is 0 Å². The molecule has 0 amide bonds. The van der Waals surface area contributed by atoms with Crippen LogP contribution in [0.5, 0.6) is 0 Å². The summed E-state index contributed by atoms with van der Waals surface area (Å²) >= 11 is 0. The zero-order chi connectivity index (χ0) is 45.9. The van der Waals surface area contributed by atoms with Crippen molar-refractivity contribution in [1.82, 2.24) is 0 Å². The number of unbranched alkanes of at least 4 members (excludes halogenated alkanes) is 8. The topological polar surface area (TPSA) is 304 Å². The molecule has 0 bridgehead atoms. The number of nitrogens with two attached hydrogens (primary N) is 1. The normalized spacial score (nSPS) is 41.6. The molecule has 3 rings (SSSR count). The summed E-state index contributed by atoms with van der Waals surface area (Å²) in [7, 11) is 0. The minimum atomic E-state index is -3.04. The molecule has 0 radical (unpaired) electrons. The lowest BCUT2D eigenvalue weighted by atomic mass is 9.96. The molecule has 17 atom stereocenters. The molecular weight excluding hydrogens is 718 g/mol. The fourth-order valence-corrected chi connectivity index (χ4v) is 6.46. The monoisotopic (exact) mass is 792 g/mol. The highest BCUT2D eigenvalue weighted by Crippen LogP contribution is 2.32. The van der Waals surface area contributed by atoms with Crippen LogP contribution in [0.25, 0.3) is 0 Å². The molecule has 318 valence electrons. The molecule has 0 aromatic heterocycles. The Balaban J connectivity index is 1.38. The number of hydrogen-bond donors (Lipinski definition) is 12. The third-order valence-electron chi connectivity index (χ3n) is 9.81. The van der Waals surface area contributed by atoms with E-state index in [1.807, 2.05) is 0 Å². The Labute approximate surface area is 326 Å². The molecule has 3 saturated heterocycles. The number of aliphatic hydroxyl groups excluding tert-OH is 11. The van der Waals surface area contributed by atoms with Crippen LogP contribution in [-0.4, -0.2) is 187 Å². The van der Waals surface area contributed by atoms with Crippen molar-refractivity contribution in [3.8, 4) is 0 Å². The highest BCUT2D eigenvalue weighted by atomic mass is 16.8. The van der Waals surface area contributed by atoms with Crippen molar-refractivity contribution in [1.29, 1.82) is 0 Å². The molecule has 0 aliphatic carbocycles. The van der Waals surface area contributed by atoms with Crippen LogP contribution in [-0.2, 0) is 28.4 Å². The smallest absolute Gasteiger partial charge is 0.187 e. The van der Waals surface area contributed by atoms with E-state index in [2.05, 4.69) is 0 Å². The maximum Gasteiger partial charge on any atom is 0.187 e. The largest absolute Gasteiger partial charge is 0.394 e. The number of aliphatic hydroxyl groups is 11. The van der Waals surface area contributed by atoms with Crippen LogP contribution >= 0.6 is 0 Å². The van der Waals surface area contributed by atoms with Gasteiger partial charge < -0.3 is 90.3 Å². The first-order valence-electron chi connectivity index (χ1n) is 22.1. The molecule has 0 saturated carbocycles. The van der Waals surface area contributed by atoms with Crippen LogP contribution in [0.2, 0.25) is 0 Å². The van der Waals surface area contributed by atoms with Crippen LogP contribution in [0.15, 0.2) is 12.2 Å². The predicted molar refractivity (Wildman–Crippen MR) is 189 cm³/mol. The SMILES string of the molecule is [2H]C([2H])([2H])C([2H])([2H])C([2H])([2H])CCCCCCCCCC/C=C/[C@@H](O)[C@@H](N)CO[C@@H]1O[C@H](CO)[C@@H](O[C@@H]2O[C@H](CO)[C@H](O[C@H]3O[C@H](CO)[C@H](O)[C@H](O)[C@H]3O)[C@H](O)[C@H]2O)[C@H](O)[C@H]1O. The first-order chi connectivity index (χ1) is 28.5. The Kier molecular flexibility index (Phi) is 17.1. The average Bonchev–Trinajstić information content (AvgIpc) is 3.21. The lowest BCUT2D eigenvalue weighted by molar-refractivity contribution is -0.379. The van der Waals surface area contributed by atoms with Gasteiger partial charge in [0.1, 0.15) is 73.2 Å². The van der Waals surface area contributed by atoms with Crippen LogP contribution in [0, 0.1) is 0 Å². The summed E-state index contributed by atoms with van der Waals surface area (Å²) in [5.41, 5.74) is 6.07. The van der Waals surface area contributed by atoms with Crippen LogP contribution in [0.1, 0.15) is 93.4 Å². The van der Waals surface area contributed by atoms with Crippen molar-refractivity contribution in [2.45, 2.75) is 188 Å². The van der Waals surface area contributed by atoms with Gasteiger partial charge >= 0.3 is 0 Å². The third kappa shape index (κ3) is 13.6. The second-order valence-corrected chi connectivity index (χ2v) is 13.9. The Bertz CT molecular complexity index is 1290. The Hall–Kier alpha value is -0.980. The zero-order valence-corrected chi connectivity index (χ0v) is 30.3. The molecule has 0 aromatic carbocycles. The molecular formula is C36H67NO17. The van der Waals surface area contributed by atoms with Gasteiger partial charge in [-0.05, 0) is 12.8 Å². The van der Waals surface area contributed by atoms with Gasteiger partial charge in [0, 0.05) is 9.60 Å². The molecule has 0 aromatic rings. The maximum absolute atomic E-state index is 11.0. The van der Waals surface area contributed by atoms with Crippen molar-refractivity contribution < 1.29 is 94.2 Å². The van der Waals surface area contributed by atoms with Crippen molar-refractivity contribution in [2.24, 2.45) is 5.73 Å². The molecule has 3 heterocycles. The van der Waals surface area contributed by atoms with Crippen molar-refractivity contribution in [3.63, 3.8) is 0 Å². The molecule has 3 aliphatic rings. The van der Waals surface area contributed by atoms with Crippen LogP contribution in [0.4, 0.5) is 0 Å². The molecule has 0 spiro atoms. The number of ether oxygens (including phenoxy) is 6. The van der Waals surface area contributed by atoms with Crippen molar-refractivity contribution in [2.75, 3.05) is 26.4 Å². The Morgan fingerprint density at radius 3 is 1.63 bits per heavy atom. The van der Waals surface area contributed by atoms with E-state index in [0.717, 1.165) is 38.5 Å². The van der Waals surface area contributed by atoms with E-state index < -0.39 is 144 Å². The fraction of sp³-hybridized carbons (Fsp3) is 0.944. The van der Waals surface area contributed by atoms with E-state index >= 15 is 0 Å². The van der Waals surface area contributed by atoms with Gasteiger partial charge in [-0.3, -0.25) is 0 Å². The summed E-state index contributed by atoms with van der Waals surface area (Å²) in [4.78, 5) is 0. The summed E-state index contributed by atoms with van der Waals surface area (Å²) in [5.74, 6) is 0. The zero-order valence-electron chi connectivity index (χ0n) is 37.3. The Morgan fingerprint density at radius 2 is 1.09 bits per heavy atom. The molecule has 18 nitrogen and oxygen atoms in total. The average molecular weight is 793 g/mol. The predicted octanol–water partition coefficient (Wildman–Crippen LogP) is -2.60. The van der Waals surface area contributed by atoms with Gasteiger partial charge in [-0.2, -0.15) is 0 Å². The minimum absolute atomic E-state index is 0.167. The molecule has 54 heavy (non-hydrogen) atoms. The molecule has 3 aliphatic heterocycles. The van der Waals surface area contributed by atoms with Gasteiger partial charge in [-0.1, -0.05) is 83.1 Å². The summed E-state index contributed by atoms with van der Waals surface area (Å²) < 4.78 is 86.1. The van der Waals surface area contributed by atoms with E-state index in [-0.39, 0.29) is 13.0 Å². The van der Waals surface area contributed by atoms with Gasteiger partial charge in [0.25, 0.3) is 0 Å². The number of allylic oxidation sites excluding steroid dienone is 1. The Morgan fingerprint density at radius 1 is 0.630 bits per heavy atom. The highest BCUT2D eigenvalue weighted by molar-refractivity contribution is 4.97. The van der Waals surface area contributed by atoms with Crippen molar-refractivity contribution in [3.05, 3.63) is 12.2 Å². The maximum atomic E-state index is 11.0. The highest BCUT2D eigenvalue weighted by Gasteiger charge is 2.53. The standard InChI is InChI=1S/C36H67NO17/c1-2-3-4-5-6-7-8-9-10-11-12-13-14-15-21(41)20(37)19-49-34-30(47)27(44)32(23(17-39)51-34)54-36-31(48)28(45)33(24(18-40)52-36)53-35-29(46)26(43)25(42)22(16-38)50-35/h14-15,20-36,38-48H,2-13,16-19,37H2,1H3/b15-14+/t20-,21+,22+,23+,24+,25-,26-,27+,28+,29+,30+,31+,32+,33-,34+,35+,36-/m0/s1/i1D3,2D2,3D2. The second-order valence-electron chi connectivity index (χ2n) is 13.9. The van der Waals surface area contributed by atoms with Gasteiger partial charge in [0.05, 0.1) is 38.6 Å². The fourth-order valence-electron chi connectivity index (χ4n) is 6.46. The summed E-state index contributed by atoms with van der Waals surface area (Å²) in [5, 5.41) is 114. The van der Waals surface area contributed by atoms with Gasteiger partial charge in [0.2, 0.25) is 0 Å². The first-order valence-corrected chi connectivity index (χ1v) is 18.6. The summed E-state index contributed by atoms with van der Waals surface area (Å²) in [6.07, 6.45) is -21.9. The molecule has 13 N–H and O–H groups in total. The lowest BCUT2D eigenvalue weighted by Crippen LogP contribution is -2.66. The molecule has 3 fully saturated rings. The summed E-state index contributed by atoms with van der Waals surface area (Å²) in [6.45, 7) is -5.84. The van der Waals surface area contributed by atoms with Crippen LogP contribution < -0.4 is 5.73 Å². The number of rotatable bonds is 24. The molecule has 18 heteroatoms. The quantitative estimate of drug-likeness (QED) is 0.0352. The van der Waals surface area contributed by atoms with Crippen LogP contribution in [0.3, 0.4) is 0 Å². The van der Waals surface area contributed by atoms with E-state index in [4.69, 9.17) is 43.8 Å². The second kappa shape index (κ2) is 24.7. The van der Waals surface area contributed by atoms with Gasteiger partial charge in [0.15, 0.2) is 18.9 Å². The van der Waals surface area contributed by atoms with Crippen molar-refractivity contribution >= 4 is 0 Å². The van der Waals surface area contributed by atoms with E-state index in [1.165, 1.54) is 6.08 Å². The van der Waals surface area contributed by atoms with E-state index in [1.54, 1.807) is 6.08 Å². The number of hydrogen-bond acceptors (Lipinski definition) is 18. The van der Waals surface area contributed by atoms with E-state index in [0.29, 0.717) is 19.3 Å². The molecule has 0 unspecified atom stereocenters. The third-order valence-corrected chi connectivity index (χ3v) is 9.81. The van der Waals surface area contributed by atoms with E-state index in [9.17, 15) is 56.2 Å². The first kappa shape index (κ1) is 37.3. The summed E-state index contributed by atoms with van der Waals surface area (Å²) in [6, 6.07) is -0.992. The van der Waals surface area contributed by atoms with Gasteiger partial charge in [-0.15, -0.1) is 0 Å².